The van der Waals surface area contributed by atoms with Gasteiger partial charge in [0.05, 0.1) is 6.10 Å². The average Bonchev–Trinajstić information content (AvgIpc) is 2.50. The van der Waals surface area contributed by atoms with E-state index in [4.69, 9.17) is 5.11 Å². The zero-order valence-electron chi connectivity index (χ0n) is 10.7. The highest BCUT2D eigenvalue weighted by molar-refractivity contribution is 5.85. The second kappa shape index (κ2) is 4.42. The first-order chi connectivity index (χ1) is 8.31. The van der Waals surface area contributed by atoms with Gasteiger partial charge in [0.25, 0.3) is 0 Å². The SMILES string of the molecule is CC(C)(NC(=O)N1C2CCC1CC(O)C2)C(=O)O. The molecular weight excluding hydrogens is 236 g/mol. The van der Waals surface area contributed by atoms with Gasteiger partial charge in [-0.2, -0.15) is 0 Å². The maximum atomic E-state index is 12.2. The quantitative estimate of drug-likeness (QED) is 0.673. The van der Waals surface area contributed by atoms with Gasteiger partial charge in [0.15, 0.2) is 0 Å². The highest BCUT2D eigenvalue weighted by atomic mass is 16.4. The van der Waals surface area contributed by atoms with Gasteiger partial charge < -0.3 is 20.4 Å². The molecule has 2 rings (SSSR count). The summed E-state index contributed by atoms with van der Waals surface area (Å²) in [5, 5.41) is 21.2. The monoisotopic (exact) mass is 256 g/mol. The second-order valence-electron chi connectivity index (χ2n) is 5.78. The highest BCUT2D eigenvalue weighted by Crippen LogP contribution is 2.35. The van der Waals surface area contributed by atoms with Gasteiger partial charge in [-0.05, 0) is 39.5 Å². The van der Waals surface area contributed by atoms with E-state index in [0.29, 0.717) is 12.8 Å². The molecule has 102 valence electrons. The molecule has 0 radical (unpaired) electrons. The summed E-state index contributed by atoms with van der Waals surface area (Å²) in [7, 11) is 0. The van der Waals surface area contributed by atoms with Crippen molar-refractivity contribution in [1.82, 2.24) is 10.2 Å². The number of carbonyl (C=O) groups excluding carboxylic acids is 1. The molecule has 2 fully saturated rings. The number of hydrogen-bond donors (Lipinski definition) is 3. The zero-order chi connectivity index (χ0) is 13.5. The molecule has 2 bridgehead atoms. The van der Waals surface area contributed by atoms with Gasteiger partial charge in [-0.3, -0.25) is 0 Å². The fraction of sp³-hybridized carbons (Fsp3) is 0.833. The van der Waals surface area contributed by atoms with Crippen molar-refractivity contribution in [3.63, 3.8) is 0 Å². The molecule has 0 aromatic rings. The number of nitrogens with one attached hydrogen (secondary N) is 1. The molecular formula is C12H20N2O4. The number of hydrogen-bond acceptors (Lipinski definition) is 3. The van der Waals surface area contributed by atoms with Crippen LogP contribution in [0.25, 0.3) is 0 Å². The average molecular weight is 256 g/mol. The molecule has 0 aromatic carbocycles. The van der Waals surface area contributed by atoms with E-state index in [2.05, 4.69) is 5.32 Å². The van der Waals surface area contributed by atoms with Gasteiger partial charge in [-0.25, -0.2) is 9.59 Å². The van der Waals surface area contributed by atoms with E-state index >= 15 is 0 Å². The van der Waals surface area contributed by atoms with Crippen LogP contribution in [0.1, 0.15) is 39.5 Å². The number of urea groups is 1. The van der Waals surface area contributed by atoms with E-state index in [9.17, 15) is 14.7 Å². The summed E-state index contributed by atoms with van der Waals surface area (Å²) >= 11 is 0. The topological polar surface area (TPSA) is 89.9 Å². The number of piperidine rings is 1. The molecule has 6 heteroatoms. The number of carbonyl (C=O) groups is 2. The van der Waals surface area contributed by atoms with Crippen LogP contribution >= 0.6 is 0 Å². The molecule has 0 spiro atoms. The Kier molecular flexibility index (Phi) is 3.23. The lowest BCUT2D eigenvalue weighted by atomic mass is 10.00. The fourth-order valence-corrected chi connectivity index (χ4v) is 2.87. The lowest BCUT2D eigenvalue weighted by molar-refractivity contribution is -0.143. The minimum atomic E-state index is -1.27. The van der Waals surface area contributed by atoms with E-state index in [0.717, 1.165) is 12.8 Å². The number of amides is 2. The summed E-state index contributed by atoms with van der Waals surface area (Å²) in [6.07, 6.45) is 2.64. The molecule has 2 unspecified atom stereocenters. The third kappa shape index (κ3) is 2.29. The summed E-state index contributed by atoms with van der Waals surface area (Å²) in [6.45, 7) is 2.93. The molecule has 2 heterocycles. The van der Waals surface area contributed by atoms with Gasteiger partial charge in [0.1, 0.15) is 5.54 Å². The Morgan fingerprint density at radius 2 is 1.72 bits per heavy atom. The van der Waals surface area contributed by atoms with Crippen molar-refractivity contribution in [2.75, 3.05) is 0 Å². The van der Waals surface area contributed by atoms with Gasteiger partial charge >= 0.3 is 12.0 Å². The largest absolute Gasteiger partial charge is 0.480 e. The molecule has 2 saturated heterocycles. The summed E-state index contributed by atoms with van der Waals surface area (Å²) in [5.74, 6) is -1.06. The van der Waals surface area contributed by atoms with Gasteiger partial charge in [0, 0.05) is 12.1 Å². The molecule has 0 saturated carbocycles. The Bertz CT molecular complexity index is 355. The Morgan fingerprint density at radius 1 is 1.22 bits per heavy atom. The number of aliphatic hydroxyl groups excluding tert-OH is 1. The predicted molar refractivity (Wildman–Crippen MR) is 64.1 cm³/mol. The Balaban J connectivity index is 2.05. The van der Waals surface area contributed by atoms with Crippen molar-refractivity contribution in [2.45, 2.75) is 63.3 Å². The third-order valence-electron chi connectivity index (χ3n) is 3.90. The van der Waals surface area contributed by atoms with E-state index in [1.165, 1.54) is 13.8 Å². The number of carboxylic acid groups (broad SMARTS) is 1. The molecule has 3 N–H and O–H groups in total. The van der Waals surface area contributed by atoms with Crippen molar-refractivity contribution < 1.29 is 19.8 Å². The van der Waals surface area contributed by atoms with E-state index < -0.39 is 11.5 Å². The van der Waals surface area contributed by atoms with E-state index in [1.54, 1.807) is 4.90 Å². The summed E-state index contributed by atoms with van der Waals surface area (Å²) in [6, 6.07) is -0.242. The van der Waals surface area contributed by atoms with Gasteiger partial charge in [-0.1, -0.05) is 0 Å². The number of aliphatic carboxylic acids is 1. The van der Waals surface area contributed by atoms with Crippen molar-refractivity contribution in [1.29, 1.82) is 0 Å². The lowest BCUT2D eigenvalue weighted by Gasteiger charge is -2.38. The lowest BCUT2D eigenvalue weighted by Crippen LogP contribution is -2.58. The second-order valence-corrected chi connectivity index (χ2v) is 5.78. The van der Waals surface area contributed by atoms with Crippen molar-refractivity contribution in [3.05, 3.63) is 0 Å². The molecule has 6 nitrogen and oxygen atoms in total. The third-order valence-corrected chi connectivity index (χ3v) is 3.90. The van der Waals surface area contributed by atoms with Crippen LogP contribution in [0, 0.1) is 0 Å². The van der Waals surface area contributed by atoms with Crippen molar-refractivity contribution in [3.8, 4) is 0 Å². The number of aliphatic hydroxyl groups is 1. The van der Waals surface area contributed by atoms with E-state index in [-0.39, 0.29) is 24.2 Å². The molecule has 18 heavy (non-hydrogen) atoms. The van der Waals surface area contributed by atoms with Crippen LogP contribution < -0.4 is 5.32 Å². The predicted octanol–water partition coefficient (Wildman–Crippen LogP) is 0.547. The van der Waals surface area contributed by atoms with Crippen LogP contribution in [-0.2, 0) is 4.79 Å². The number of nitrogens with zero attached hydrogens (tertiary/aromatic N) is 1. The summed E-state index contributed by atoms with van der Waals surface area (Å²) < 4.78 is 0. The Hall–Kier alpha value is -1.30. The van der Waals surface area contributed by atoms with Crippen LogP contribution in [0.5, 0.6) is 0 Å². The minimum absolute atomic E-state index is 0.0448. The summed E-state index contributed by atoms with van der Waals surface area (Å²) in [4.78, 5) is 24.9. The number of carboxylic acids is 1. The smallest absolute Gasteiger partial charge is 0.328 e. The van der Waals surface area contributed by atoms with Crippen LogP contribution in [0.2, 0.25) is 0 Å². The molecule has 2 atom stereocenters. The number of fused-ring (bicyclic) bond motifs is 2. The highest BCUT2D eigenvalue weighted by Gasteiger charge is 2.44. The van der Waals surface area contributed by atoms with Crippen LogP contribution in [0.15, 0.2) is 0 Å². The van der Waals surface area contributed by atoms with E-state index in [1.807, 2.05) is 0 Å². The number of rotatable bonds is 2. The van der Waals surface area contributed by atoms with Crippen LogP contribution in [0.4, 0.5) is 4.79 Å². The first-order valence-corrected chi connectivity index (χ1v) is 6.33. The molecule has 2 aliphatic rings. The maximum absolute atomic E-state index is 12.2. The van der Waals surface area contributed by atoms with Crippen LogP contribution in [-0.4, -0.2) is 50.8 Å². The molecule has 0 aliphatic carbocycles. The first-order valence-electron chi connectivity index (χ1n) is 6.33. The molecule has 0 aromatic heterocycles. The Morgan fingerprint density at radius 3 is 2.17 bits per heavy atom. The molecule has 2 aliphatic heterocycles. The standard InChI is InChI=1S/C12H20N2O4/c1-12(2,10(16)17)13-11(18)14-7-3-4-8(14)6-9(15)5-7/h7-9,15H,3-6H2,1-2H3,(H,13,18)(H,16,17). The fourth-order valence-electron chi connectivity index (χ4n) is 2.87. The zero-order valence-corrected chi connectivity index (χ0v) is 10.7. The Labute approximate surface area is 106 Å². The summed E-state index contributed by atoms with van der Waals surface area (Å²) in [5.41, 5.74) is -1.27. The minimum Gasteiger partial charge on any atom is -0.480 e. The van der Waals surface area contributed by atoms with Crippen molar-refractivity contribution in [2.24, 2.45) is 0 Å². The van der Waals surface area contributed by atoms with Gasteiger partial charge in [0.2, 0.25) is 0 Å². The van der Waals surface area contributed by atoms with Crippen molar-refractivity contribution >= 4 is 12.0 Å². The molecule has 2 amide bonds. The maximum Gasteiger partial charge on any atom is 0.328 e. The van der Waals surface area contributed by atoms with Crippen LogP contribution in [0.3, 0.4) is 0 Å². The van der Waals surface area contributed by atoms with Gasteiger partial charge in [-0.15, -0.1) is 0 Å². The normalized spacial score (nSPS) is 31.3. The first kappa shape index (κ1) is 13.1.